The van der Waals surface area contributed by atoms with Crippen LogP contribution in [0.2, 0.25) is 0 Å². The van der Waals surface area contributed by atoms with Crippen LogP contribution in [0.25, 0.3) is 0 Å². The first kappa shape index (κ1) is 14.2. The zero-order chi connectivity index (χ0) is 13.7. The predicted molar refractivity (Wildman–Crippen MR) is 81.1 cm³/mol. The van der Waals surface area contributed by atoms with Gasteiger partial charge in [0, 0.05) is 25.5 Å². The van der Waals surface area contributed by atoms with E-state index >= 15 is 0 Å². The van der Waals surface area contributed by atoms with Gasteiger partial charge in [-0.15, -0.1) is 0 Å². The molecule has 5 nitrogen and oxygen atoms in total. The van der Waals surface area contributed by atoms with E-state index in [0.29, 0.717) is 5.95 Å². The second-order valence-corrected chi connectivity index (χ2v) is 6.26. The SMILES string of the molecule is CC(SC(=S)N1CCCC1)C(=O)Nc1ncccn1. The summed E-state index contributed by atoms with van der Waals surface area (Å²) in [4.78, 5) is 22.1. The molecule has 0 aromatic carbocycles. The van der Waals surface area contributed by atoms with E-state index in [1.54, 1.807) is 18.5 Å². The van der Waals surface area contributed by atoms with Gasteiger partial charge in [-0.3, -0.25) is 10.1 Å². The van der Waals surface area contributed by atoms with E-state index in [9.17, 15) is 4.79 Å². The van der Waals surface area contributed by atoms with Crippen molar-refractivity contribution >= 4 is 40.2 Å². The van der Waals surface area contributed by atoms with Gasteiger partial charge in [0.2, 0.25) is 11.9 Å². The fraction of sp³-hybridized carbons (Fsp3) is 0.500. The first-order chi connectivity index (χ1) is 9.16. The topological polar surface area (TPSA) is 58.1 Å². The molecule has 0 radical (unpaired) electrons. The van der Waals surface area contributed by atoms with Gasteiger partial charge in [-0.2, -0.15) is 0 Å². The molecule has 1 amide bonds. The zero-order valence-electron chi connectivity index (χ0n) is 10.7. The minimum absolute atomic E-state index is 0.127. The molecule has 19 heavy (non-hydrogen) atoms. The zero-order valence-corrected chi connectivity index (χ0v) is 12.3. The van der Waals surface area contributed by atoms with Gasteiger partial charge in [0.05, 0.1) is 5.25 Å². The molecule has 0 saturated carbocycles. The van der Waals surface area contributed by atoms with E-state index in [1.165, 1.54) is 24.6 Å². The largest absolute Gasteiger partial charge is 0.358 e. The molecule has 1 saturated heterocycles. The van der Waals surface area contributed by atoms with Crippen molar-refractivity contribution in [2.24, 2.45) is 0 Å². The third-order valence-electron chi connectivity index (χ3n) is 2.81. The van der Waals surface area contributed by atoms with Crippen LogP contribution in [0.4, 0.5) is 5.95 Å². The number of nitrogens with one attached hydrogen (secondary N) is 1. The molecule has 1 N–H and O–H groups in total. The molecule has 1 fully saturated rings. The van der Waals surface area contributed by atoms with Crippen molar-refractivity contribution in [2.45, 2.75) is 25.0 Å². The molecule has 1 aromatic rings. The number of anilines is 1. The average Bonchev–Trinajstić information content (AvgIpc) is 2.93. The Balaban J connectivity index is 1.83. The molecule has 2 rings (SSSR count). The molecule has 1 unspecified atom stereocenters. The lowest BCUT2D eigenvalue weighted by Gasteiger charge is -2.20. The number of carbonyl (C=O) groups is 1. The molecule has 0 bridgehead atoms. The fourth-order valence-corrected chi connectivity index (χ4v) is 3.17. The number of aromatic nitrogens is 2. The number of hydrogen-bond donors (Lipinski definition) is 1. The van der Waals surface area contributed by atoms with E-state index in [-0.39, 0.29) is 11.2 Å². The van der Waals surface area contributed by atoms with Crippen molar-refractivity contribution in [1.29, 1.82) is 0 Å². The van der Waals surface area contributed by atoms with Crippen LogP contribution in [0, 0.1) is 0 Å². The molecular weight excluding hydrogens is 280 g/mol. The number of thioether (sulfide) groups is 1. The quantitative estimate of drug-likeness (QED) is 0.860. The van der Waals surface area contributed by atoms with E-state index in [4.69, 9.17) is 12.2 Å². The Hall–Kier alpha value is -1.21. The van der Waals surface area contributed by atoms with Gasteiger partial charge in [-0.05, 0) is 25.8 Å². The van der Waals surface area contributed by atoms with Crippen molar-refractivity contribution in [3.05, 3.63) is 18.5 Å². The highest BCUT2D eigenvalue weighted by Gasteiger charge is 2.21. The van der Waals surface area contributed by atoms with Crippen molar-refractivity contribution in [2.75, 3.05) is 18.4 Å². The number of carbonyl (C=O) groups excluding carboxylic acids is 1. The normalized spacial score (nSPS) is 16.2. The minimum Gasteiger partial charge on any atom is -0.358 e. The van der Waals surface area contributed by atoms with E-state index in [1.807, 2.05) is 6.92 Å². The van der Waals surface area contributed by atoms with Crippen LogP contribution in [0.3, 0.4) is 0 Å². The van der Waals surface area contributed by atoms with Gasteiger partial charge in [0.15, 0.2) is 0 Å². The lowest BCUT2D eigenvalue weighted by atomic mass is 10.4. The summed E-state index contributed by atoms with van der Waals surface area (Å²) in [7, 11) is 0. The Bertz CT molecular complexity index is 448. The maximum atomic E-state index is 12.0. The van der Waals surface area contributed by atoms with Crippen molar-refractivity contribution in [3.63, 3.8) is 0 Å². The Morgan fingerprint density at radius 1 is 1.42 bits per heavy atom. The van der Waals surface area contributed by atoms with Crippen LogP contribution < -0.4 is 5.32 Å². The third-order valence-corrected chi connectivity index (χ3v) is 4.39. The first-order valence-electron chi connectivity index (χ1n) is 6.20. The smallest absolute Gasteiger partial charge is 0.240 e. The maximum Gasteiger partial charge on any atom is 0.240 e. The van der Waals surface area contributed by atoms with Crippen LogP contribution in [-0.4, -0.2) is 43.4 Å². The fourth-order valence-electron chi connectivity index (χ4n) is 1.75. The molecule has 1 aromatic heterocycles. The summed E-state index contributed by atoms with van der Waals surface area (Å²) in [5, 5.41) is 2.42. The van der Waals surface area contributed by atoms with Gasteiger partial charge in [0.25, 0.3) is 0 Å². The summed E-state index contributed by atoms with van der Waals surface area (Å²) in [5.41, 5.74) is 0. The monoisotopic (exact) mass is 296 g/mol. The van der Waals surface area contributed by atoms with Crippen LogP contribution in [0.5, 0.6) is 0 Å². The van der Waals surface area contributed by atoms with Gasteiger partial charge in [-0.1, -0.05) is 24.0 Å². The van der Waals surface area contributed by atoms with E-state index in [0.717, 1.165) is 17.4 Å². The van der Waals surface area contributed by atoms with Crippen LogP contribution in [0.15, 0.2) is 18.5 Å². The van der Waals surface area contributed by atoms with Crippen LogP contribution >= 0.6 is 24.0 Å². The Morgan fingerprint density at radius 2 is 2.05 bits per heavy atom. The second kappa shape index (κ2) is 6.81. The lowest BCUT2D eigenvalue weighted by Crippen LogP contribution is -2.29. The van der Waals surface area contributed by atoms with E-state index in [2.05, 4.69) is 20.2 Å². The van der Waals surface area contributed by atoms with Crippen LogP contribution in [0.1, 0.15) is 19.8 Å². The molecular formula is C12H16N4OS2. The van der Waals surface area contributed by atoms with E-state index < -0.39 is 0 Å². The molecule has 7 heteroatoms. The number of amides is 1. The van der Waals surface area contributed by atoms with Crippen LogP contribution in [-0.2, 0) is 4.79 Å². The molecule has 0 spiro atoms. The average molecular weight is 296 g/mol. The highest BCUT2D eigenvalue weighted by Crippen LogP contribution is 2.20. The summed E-state index contributed by atoms with van der Waals surface area (Å²) in [6, 6.07) is 1.70. The van der Waals surface area contributed by atoms with Crippen molar-refractivity contribution in [1.82, 2.24) is 14.9 Å². The first-order valence-corrected chi connectivity index (χ1v) is 7.49. The number of nitrogens with zero attached hydrogens (tertiary/aromatic N) is 3. The van der Waals surface area contributed by atoms with Crippen molar-refractivity contribution < 1.29 is 4.79 Å². The minimum atomic E-state index is -0.253. The summed E-state index contributed by atoms with van der Waals surface area (Å²) in [6.07, 6.45) is 5.54. The number of hydrogen-bond acceptors (Lipinski definition) is 5. The Labute approximate surface area is 122 Å². The van der Waals surface area contributed by atoms with Gasteiger partial charge in [0.1, 0.15) is 4.32 Å². The maximum absolute atomic E-state index is 12.0. The second-order valence-electron chi connectivity index (χ2n) is 4.28. The van der Waals surface area contributed by atoms with Gasteiger partial charge in [-0.25, -0.2) is 9.97 Å². The summed E-state index contributed by atoms with van der Waals surface area (Å²) in [6.45, 7) is 3.84. The molecule has 0 aliphatic carbocycles. The number of rotatable bonds is 3. The molecule has 1 aliphatic heterocycles. The molecule has 1 aliphatic rings. The van der Waals surface area contributed by atoms with Crippen molar-refractivity contribution in [3.8, 4) is 0 Å². The van der Waals surface area contributed by atoms with Gasteiger partial charge < -0.3 is 4.90 Å². The summed E-state index contributed by atoms with van der Waals surface area (Å²) in [5.74, 6) is 0.199. The third kappa shape index (κ3) is 4.14. The Kier molecular flexibility index (Phi) is 5.09. The Morgan fingerprint density at radius 3 is 2.68 bits per heavy atom. The lowest BCUT2D eigenvalue weighted by molar-refractivity contribution is -0.115. The standard InChI is InChI=1S/C12H16N4OS2/c1-9(19-12(18)16-7-2-3-8-16)10(17)15-11-13-5-4-6-14-11/h4-6,9H,2-3,7-8H2,1H3,(H,13,14,15,17). The van der Waals surface area contributed by atoms with Gasteiger partial charge >= 0.3 is 0 Å². The highest BCUT2D eigenvalue weighted by atomic mass is 32.2. The molecule has 2 heterocycles. The predicted octanol–water partition coefficient (Wildman–Crippen LogP) is 1.92. The number of thiocarbonyl (C=S) groups is 1. The molecule has 1 atom stereocenters. The number of likely N-dealkylation sites (tertiary alicyclic amines) is 1. The molecule has 102 valence electrons. The summed E-state index contributed by atoms with van der Waals surface area (Å²) < 4.78 is 0.800. The summed E-state index contributed by atoms with van der Waals surface area (Å²) >= 11 is 6.77. The highest BCUT2D eigenvalue weighted by molar-refractivity contribution is 8.23.